The number of halogens is 1. The van der Waals surface area contributed by atoms with Crippen LogP contribution >= 0.6 is 15.9 Å². The van der Waals surface area contributed by atoms with Crippen LogP contribution in [0.1, 0.15) is 10.4 Å². The van der Waals surface area contributed by atoms with E-state index in [1.807, 2.05) is 0 Å². The minimum atomic E-state index is -1.06. The second-order valence-electron chi connectivity index (χ2n) is 3.38. The van der Waals surface area contributed by atoms with Crippen molar-refractivity contribution in [3.63, 3.8) is 0 Å². The lowest BCUT2D eigenvalue weighted by Gasteiger charge is -2.14. The van der Waals surface area contributed by atoms with Gasteiger partial charge in [-0.3, -0.25) is 0 Å². The minimum absolute atomic E-state index is 0.0467. The zero-order valence-corrected chi connectivity index (χ0v) is 11.6. The molecule has 5 nitrogen and oxygen atoms in total. The fraction of sp³-hybridized carbons (Fsp3) is 0.333. The third kappa shape index (κ3) is 4.12. The maximum atomic E-state index is 11.8. The molecule has 98 valence electrons. The maximum absolute atomic E-state index is 11.8. The normalized spacial score (nSPS) is 11.7. The number of rotatable bonds is 5. The van der Waals surface area contributed by atoms with Gasteiger partial charge in [0.15, 0.2) is 0 Å². The topological polar surface area (TPSA) is 61.8 Å². The van der Waals surface area contributed by atoms with Crippen LogP contribution in [0.4, 0.5) is 0 Å². The van der Waals surface area contributed by atoms with Crippen LogP contribution in [0.2, 0.25) is 0 Å². The summed E-state index contributed by atoms with van der Waals surface area (Å²) in [7, 11) is 2.63. The molecule has 1 aromatic rings. The maximum Gasteiger partial charge on any atom is 0.349 e. The molecule has 0 aliphatic rings. The summed E-state index contributed by atoms with van der Waals surface area (Å²) in [5.74, 6) is -1.25. The minimum Gasteiger partial charge on any atom is -0.466 e. The van der Waals surface area contributed by atoms with E-state index in [4.69, 9.17) is 9.47 Å². The zero-order chi connectivity index (χ0) is 13.5. The van der Waals surface area contributed by atoms with Crippen LogP contribution in [-0.4, -0.2) is 38.9 Å². The van der Waals surface area contributed by atoms with E-state index >= 15 is 0 Å². The van der Waals surface area contributed by atoms with E-state index in [0.29, 0.717) is 5.56 Å². The van der Waals surface area contributed by atoms with Crippen LogP contribution in [0, 0.1) is 0 Å². The second kappa shape index (κ2) is 7.13. The molecule has 1 unspecified atom stereocenters. The van der Waals surface area contributed by atoms with Crippen molar-refractivity contribution in [2.45, 2.75) is 6.10 Å². The highest BCUT2D eigenvalue weighted by atomic mass is 79.9. The number of methoxy groups -OCH3 is 2. The first-order valence-corrected chi connectivity index (χ1v) is 5.91. The van der Waals surface area contributed by atoms with Gasteiger partial charge in [-0.2, -0.15) is 0 Å². The molecule has 18 heavy (non-hydrogen) atoms. The highest BCUT2D eigenvalue weighted by Crippen LogP contribution is 2.12. The Kier molecular flexibility index (Phi) is 5.80. The number of carbonyl (C=O) groups excluding carboxylic acids is 2. The molecule has 0 bridgehead atoms. The van der Waals surface area contributed by atoms with Crippen molar-refractivity contribution in [1.82, 2.24) is 0 Å². The summed E-state index contributed by atoms with van der Waals surface area (Å²) >= 11 is 3.26. The molecule has 1 aromatic carbocycles. The number of carbonyl (C=O) groups is 2. The molecular weight excluding hydrogens is 304 g/mol. The Morgan fingerprint density at radius 2 is 1.83 bits per heavy atom. The molecular formula is C12H13BrO5. The van der Waals surface area contributed by atoms with Crippen molar-refractivity contribution in [2.24, 2.45) is 0 Å². The number of benzene rings is 1. The van der Waals surface area contributed by atoms with Crippen molar-refractivity contribution in [2.75, 3.05) is 20.8 Å². The Labute approximate surface area is 113 Å². The molecule has 1 atom stereocenters. The van der Waals surface area contributed by atoms with E-state index in [2.05, 4.69) is 20.7 Å². The third-order valence-corrected chi connectivity index (χ3v) is 2.64. The van der Waals surface area contributed by atoms with E-state index < -0.39 is 18.0 Å². The average molecular weight is 317 g/mol. The third-order valence-electron chi connectivity index (χ3n) is 2.11. The van der Waals surface area contributed by atoms with Crippen molar-refractivity contribution < 1.29 is 23.8 Å². The first kappa shape index (κ1) is 14.7. The fourth-order valence-corrected chi connectivity index (χ4v) is 1.48. The summed E-state index contributed by atoms with van der Waals surface area (Å²) in [6.07, 6.45) is -1.06. The molecule has 6 heteroatoms. The molecule has 0 heterocycles. The number of ether oxygens (including phenoxy) is 3. The van der Waals surface area contributed by atoms with Crippen LogP contribution in [0.5, 0.6) is 0 Å². The molecule has 0 fully saturated rings. The van der Waals surface area contributed by atoms with Crippen LogP contribution < -0.4 is 0 Å². The van der Waals surface area contributed by atoms with Gasteiger partial charge in [0, 0.05) is 11.6 Å². The largest absolute Gasteiger partial charge is 0.466 e. The predicted molar refractivity (Wildman–Crippen MR) is 67.2 cm³/mol. The molecule has 0 radical (unpaired) electrons. The highest BCUT2D eigenvalue weighted by molar-refractivity contribution is 9.10. The summed E-state index contributed by atoms with van der Waals surface area (Å²) in [6, 6.07) is 6.60. The molecule has 0 N–H and O–H groups in total. The average Bonchev–Trinajstić information content (AvgIpc) is 2.38. The lowest BCUT2D eigenvalue weighted by Crippen LogP contribution is -2.32. The molecule has 1 rings (SSSR count). The Morgan fingerprint density at radius 3 is 2.33 bits per heavy atom. The first-order chi connectivity index (χ1) is 8.58. The lowest BCUT2D eigenvalue weighted by atomic mass is 10.2. The Morgan fingerprint density at radius 1 is 1.22 bits per heavy atom. The van der Waals surface area contributed by atoms with Crippen LogP contribution in [0.25, 0.3) is 0 Å². The predicted octanol–water partition coefficient (Wildman–Crippen LogP) is 1.79. The summed E-state index contributed by atoms with van der Waals surface area (Å²) in [5, 5.41) is 0. The molecule has 0 aliphatic heterocycles. The summed E-state index contributed by atoms with van der Waals surface area (Å²) in [5.41, 5.74) is 0.350. The van der Waals surface area contributed by atoms with Gasteiger partial charge in [-0.15, -0.1) is 0 Å². The van der Waals surface area contributed by atoms with Crippen LogP contribution in [-0.2, 0) is 19.0 Å². The van der Waals surface area contributed by atoms with Gasteiger partial charge in [0.25, 0.3) is 0 Å². The van der Waals surface area contributed by atoms with Crippen molar-refractivity contribution in [3.05, 3.63) is 34.3 Å². The van der Waals surface area contributed by atoms with Gasteiger partial charge in [0.1, 0.15) is 0 Å². The van der Waals surface area contributed by atoms with E-state index in [0.717, 1.165) is 4.47 Å². The van der Waals surface area contributed by atoms with Gasteiger partial charge in [-0.25, -0.2) is 9.59 Å². The zero-order valence-electron chi connectivity index (χ0n) is 10.0. The van der Waals surface area contributed by atoms with Gasteiger partial charge in [0.2, 0.25) is 6.10 Å². The van der Waals surface area contributed by atoms with Gasteiger partial charge in [-0.1, -0.05) is 15.9 Å². The van der Waals surface area contributed by atoms with E-state index in [-0.39, 0.29) is 6.61 Å². The Hall–Kier alpha value is -1.40. The van der Waals surface area contributed by atoms with Crippen LogP contribution in [0.3, 0.4) is 0 Å². The van der Waals surface area contributed by atoms with Gasteiger partial charge in [0.05, 0.1) is 19.3 Å². The molecule has 0 aromatic heterocycles. The monoisotopic (exact) mass is 316 g/mol. The van der Waals surface area contributed by atoms with Gasteiger partial charge < -0.3 is 14.2 Å². The van der Waals surface area contributed by atoms with E-state index in [1.165, 1.54) is 14.2 Å². The van der Waals surface area contributed by atoms with E-state index in [1.54, 1.807) is 24.3 Å². The Bertz CT molecular complexity index is 415. The number of hydrogen-bond acceptors (Lipinski definition) is 5. The van der Waals surface area contributed by atoms with Crippen molar-refractivity contribution in [1.29, 1.82) is 0 Å². The SMILES string of the molecule is COCC(OC(=O)c1ccc(Br)cc1)C(=O)OC. The van der Waals surface area contributed by atoms with E-state index in [9.17, 15) is 9.59 Å². The van der Waals surface area contributed by atoms with Gasteiger partial charge in [-0.05, 0) is 24.3 Å². The number of esters is 2. The summed E-state index contributed by atoms with van der Waals surface area (Å²) in [6.45, 7) is -0.0467. The molecule has 0 aliphatic carbocycles. The van der Waals surface area contributed by atoms with Gasteiger partial charge >= 0.3 is 11.9 Å². The van der Waals surface area contributed by atoms with Crippen LogP contribution in [0.15, 0.2) is 28.7 Å². The molecule has 0 saturated carbocycles. The highest BCUT2D eigenvalue weighted by Gasteiger charge is 2.24. The van der Waals surface area contributed by atoms with Crippen molar-refractivity contribution >= 4 is 27.9 Å². The first-order valence-electron chi connectivity index (χ1n) is 5.11. The van der Waals surface area contributed by atoms with Crippen molar-refractivity contribution in [3.8, 4) is 0 Å². The molecule has 0 amide bonds. The molecule has 0 saturated heterocycles. The number of hydrogen-bond donors (Lipinski definition) is 0. The summed E-state index contributed by atoms with van der Waals surface area (Å²) in [4.78, 5) is 23.1. The smallest absolute Gasteiger partial charge is 0.349 e. The molecule has 0 spiro atoms. The Balaban J connectivity index is 2.71. The second-order valence-corrected chi connectivity index (χ2v) is 4.30. The fourth-order valence-electron chi connectivity index (χ4n) is 1.22. The standard InChI is InChI=1S/C12H13BrO5/c1-16-7-10(12(15)17-2)18-11(14)8-3-5-9(13)6-4-8/h3-6,10H,7H2,1-2H3. The quantitative estimate of drug-likeness (QED) is 0.775. The lowest BCUT2D eigenvalue weighted by molar-refractivity contribution is -0.153. The summed E-state index contributed by atoms with van der Waals surface area (Å²) < 4.78 is 15.2.